The van der Waals surface area contributed by atoms with Gasteiger partial charge in [-0.1, -0.05) is 90.5 Å². The molecule has 4 heteroatoms. The summed E-state index contributed by atoms with van der Waals surface area (Å²) in [6.45, 7) is 4.10. The molecule has 51 heavy (non-hydrogen) atoms. The predicted octanol–water partition coefficient (Wildman–Crippen LogP) is 11.8. The second-order valence-electron chi connectivity index (χ2n) is 12.3. The molecule has 0 aliphatic heterocycles. The molecule has 10 rings (SSSR count). The van der Waals surface area contributed by atoms with Gasteiger partial charge in [0.25, 0.3) is 0 Å². The smallest absolute Gasteiger partial charge is 0.0190 e. The SMILES string of the molecule is Cc1c[c-]c(-c2ccc(C)cn2)cc1.[Ir].[c-]1ccc2c3ccccc3c3cccc4c5cccnc5c1c2c34.[c-]1ccccc1-c1ccccn1. The van der Waals surface area contributed by atoms with Gasteiger partial charge in [-0.3, -0.25) is 0 Å². The van der Waals surface area contributed by atoms with Crippen LogP contribution in [0.2, 0.25) is 0 Å². The fraction of sp³-hybridized carbons (Fsp3) is 0.0426. The summed E-state index contributed by atoms with van der Waals surface area (Å²) in [7, 11) is 0. The summed E-state index contributed by atoms with van der Waals surface area (Å²) >= 11 is 0. The van der Waals surface area contributed by atoms with Crippen LogP contribution in [0, 0.1) is 32.0 Å². The van der Waals surface area contributed by atoms with Crippen molar-refractivity contribution < 1.29 is 20.1 Å². The number of aryl methyl sites for hydroxylation is 2. The van der Waals surface area contributed by atoms with Gasteiger partial charge in [0, 0.05) is 38.7 Å². The number of benzene rings is 7. The van der Waals surface area contributed by atoms with Crippen molar-refractivity contribution >= 4 is 54.0 Å². The van der Waals surface area contributed by atoms with Gasteiger partial charge in [0.2, 0.25) is 0 Å². The van der Waals surface area contributed by atoms with Crippen LogP contribution in [0.4, 0.5) is 0 Å². The molecule has 0 bridgehead atoms. The van der Waals surface area contributed by atoms with Crippen molar-refractivity contribution in [1.29, 1.82) is 0 Å². The van der Waals surface area contributed by atoms with Crippen LogP contribution in [0.15, 0.2) is 158 Å². The van der Waals surface area contributed by atoms with Gasteiger partial charge in [-0.05, 0) is 73.8 Å². The number of fused-ring (bicyclic) bond motifs is 6. The zero-order chi connectivity index (χ0) is 33.9. The van der Waals surface area contributed by atoms with E-state index < -0.39 is 0 Å². The molecule has 0 saturated heterocycles. The van der Waals surface area contributed by atoms with E-state index in [1.165, 1.54) is 54.2 Å². The van der Waals surface area contributed by atoms with Crippen molar-refractivity contribution in [3.8, 4) is 22.5 Å². The predicted molar refractivity (Wildman–Crippen MR) is 208 cm³/mol. The summed E-state index contributed by atoms with van der Waals surface area (Å²) in [6.07, 6.45) is 5.54. The first-order chi connectivity index (χ1) is 24.7. The Hall–Kier alpha value is -5.80. The summed E-state index contributed by atoms with van der Waals surface area (Å²) < 4.78 is 0. The third-order valence-corrected chi connectivity index (χ3v) is 8.96. The molecular weight excluding hydrogens is 799 g/mol. The Bertz CT molecular complexity index is 2400. The van der Waals surface area contributed by atoms with E-state index in [4.69, 9.17) is 0 Å². The molecular formula is C47H32IrN3-3. The van der Waals surface area contributed by atoms with Crippen LogP contribution in [0.1, 0.15) is 11.1 Å². The molecule has 247 valence electrons. The van der Waals surface area contributed by atoms with Gasteiger partial charge < -0.3 is 15.0 Å². The molecule has 0 saturated carbocycles. The molecule has 7 aromatic carbocycles. The molecule has 0 unspecified atom stereocenters. The molecule has 0 N–H and O–H groups in total. The third kappa shape index (κ3) is 6.72. The maximum absolute atomic E-state index is 4.68. The number of hydrogen-bond acceptors (Lipinski definition) is 3. The van der Waals surface area contributed by atoms with E-state index in [-0.39, 0.29) is 20.1 Å². The second kappa shape index (κ2) is 15.0. The monoisotopic (exact) mass is 831 g/mol. The van der Waals surface area contributed by atoms with Gasteiger partial charge in [0.15, 0.2) is 0 Å². The summed E-state index contributed by atoms with van der Waals surface area (Å²) in [5, 5.41) is 11.4. The average molecular weight is 831 g/mol. The Kier molecular flexibility index (Phi) is 9.90. The van der Waals surface area contributed by atoms with Crippen LogP contribution in [0.3, 0.4) is 0 Å². The summed E-state index contributed by atoms with van der Waals surface area (Å²) in [5.74, 6) is 0. The zero-order valence-electron chi connectivity index (χ0n) is 28.2. The zero-order valence-corrected chi connectivity index (χ0v) is 30.6. The molecule has 0 atom stereocenters. The maximum atomic E-state index is 4.68. The van der Waals surface area contributed by atoms with Crippen LogP contribution >= 0.6 is 0 Å². The van der Waals surface area contributed by atoms with Crippen LogP contribution < -0.4 is 0 Å². The quantitative estimate of drug-likeness (QED) is 0.0990. The topological polar surface area (TPSA) is 38.7 Å². The molecule has 3 aromatic heterocycles. The van der Waals surface area contributed by atoms with Crippen molar-refractivity contribution in [3.05, 3.63) is 187 Å². The van der Waals surface area contributed by atoms with E-state index in [9.17, 15) is 0 Å². The van der Waals surface area contributed by atoms with Gasteiger partial charge in [-0.15, -0.1) is 94.9 Å². The standard InChI is InChI=1S/C23H12N.C13H12N.C11H8N.Ir/c1-2-7-15-14(6-1)16-8-3-10-18-19-12-5-13-24-23(19)20-11-4-9-17(15)22(20)21(16)18;1-10-3-6-12(7-4-10)13-8-5-11(2)9-14-13;1-2-6-10(7-3-1)11-8-4-5-9-12-11;/h1-10,12-13H;3-6,8-9H,1-2H3;1-6,8-9H;/q3*-1;. The van der Waals surface area contributed by atoms with Crippen LogP contribution in [-0.2, 0) is 20.1 Å². The molecule has 3 heterocycles. The van der Waals surface area contributed by atoms with Crippen molar-refractivity contribution in [3.63, 3.8) is 0 Å². The molecule has 10 aromatic rings. The van der Waals surface area contributed by atoms with Gasteiger partial charge in [-0.25, -0.2) is 0 Å². The van der Waals surface area contributed by atoms with Crippen molar-refractivity contribution in [1.82, 2.24) is 15.0 Å². The van der Waals surface area contributed by atoms with Gasteiger partial charge in [0.05, 0.1) is 0 Å². The second-order valence-corrected chi connectivity index (χ2v) is 12.3. The maximum Gasteiger partial charge on any atom is 0.0190 e. The van der Waals surface area contributed by atoms with E-state index in [2.05, 4.69) is 107 Å². The summed E-state index contributed by atoms with van der Waals surface area (Å²) in [4.78, 5) is 13.2. The summed E-state index contributed by atoms with van der Waals surface area (Å²) in [6, 6.07) is 57.4. The Morgan fingerprint density at radius 3 is 1.80 bits per heavy atom. The normalized spacial score (nSPS) is 10.8. The van der Waals surface area contributed by atoms with E-state index in [0.29, 0.717) is 0 Å². The Morgan fingerprint density at radius 2 is 1.10 bits per heavy atom. The van der Waals surface area contributed by atoms with E-state index in [1.54, 1.807) is 6.20 Å². The first-order valence-electron chi connectivity index (χ1n) is 16.7. The Balaban J connectivity index is 0.000000129. The minimum absolute atomic E-state index is 0. The van der Waals surface area contributed by atoms with Gasteiger partial charge in [-0.2, -0.15) is 0 Å². The summed E-state index contributed by atoms with van der Waals surface area (Å²) in [5.41, 5.74) is 7.49. The van der Waals surface area contributed by atoms with Crippen LogP contribution in [0.5, 0.6) is 0 Å². The fourth-order valence-electron chi connectivity index (χ4n) is 6.58. The molecule has 0 aliphatic rings. The van der Waals surface area contributed by atoms with Gasteiger partial charge in [0.1, 0.15) is 0 Å². The molecule has 0 amide bonds. The van der Waals surface area contributed by atoms with E-state index >= 15 is 0 Å². The number of rotatable bonds is 2. The number of pyridine rings is 3. The Labute approximate surface area is 311 Å². The van der Waals surface area contributed by atoms with Crippen molar-refractivity contribution in [2.45, 2.75) is 13.8 Å². The van der Waals surface area contributed by atoms with E-state index in [1.807, 2.05) is 92.1 Å². The molecule has 1 radical (unpaired) electrons. The minimum Gasteiger partial charge on any atom is -0.305 e. The fourth-order valence-corrected chi connectivity index (χ4v) is 6.58. The average Bonchev–Trinajstić information content (AvgIpc) is 3.19. The minimum atomic E-state index is 0. The molecule has 0 aliphatic carbocycles. The number of nitrogens with zero attached hydrogens (tertiary/aromatic N) is 3. The third-order valence-electron chi connectivity index (χ3n) is 8.96. The number of hydrogen-bond donors (Lipinski definition) is 0. The molecule has 0 spiro atoms. The molecule has 0 fully saturated rings. The largest absolute Gasteiger partial charge is 0.305 e. The Morgan fingerprint density at radius 1 is 0.431 bits per heavy atom. The van der Waals surface area contributed by atoms with E-state index in [0.717, 1.165) is 33.4 Å². The van der Waals surface area contributed by atoms with Crippen LogP contribution in [0.25, 0.3) is 76.5 Å². The van der Waals surface area contributed by atoms with Crippen molar-refractivity contribution in [2.24, 2.45) is 0 Å². The van der Waals surface area contributed by atoms with Crippen LogP contribution in [-0.4, -0.2) is 15.0 Å². The first kappa shape index (κ1) is 33.7. The van der Waals surface area contributed by atoms with Crippen molar-refractivity contribution in [2.75, 3.05) is 0 Å². The first-order valence-corrected chi connectivity index (χ1v) is 16.7. The molecule has 3 nitrogen and oxygen atoms in total. The van der Waals surface area contributed by atoms with Gasteiger partial charge >= 0.3 is 0 Å². The number of aromatic nitrogens is 3.